The summed E-state index contributed by atoms with van der Waals surface area (Å²) >= 11 is 0. The molecule has 1 aliphatic heterocycles. The zero-order chi connectivity index (χ0) is 17.2. The zero-order valence-electron chi connectivity index (χ0n) is 14.0. The van der Waals surface area contributed by atoms with Crippen molar-refractivity contribution in [1.82, 2.24) is 9.62 Å². The van der Waals surface area contributed by atoms with Crippen molar-refractivity contribution in [3.05, 3.63) is 23.3 Å². The Morgan fingerprint density at radius 2 is 1.83 bits per heavy atom. The van der Waals surface area contributed by atoms with Crippen LogP contribution < -0.4 is 9.46 Å². The van der Waals surface area contributed by atoms with Crippen molar-refractivity contribution in [3.8, 4) is 5.75 Å². The average molecular weight is 340 g/mol. The number of likely N-dealkylation sites (tertiary alicyclic amines) is 1. The summed E-state index contributed by atoms with van der Waals surface area (Å²) in [5, 5.41) is 0. The molecule has 1 saturated heterocycles. The predicted octanol–water partition coefficient (Wildman–Crippen LogP) is 1.60. The highest BCUT2D eigenvalue weighted by atomic mass is 32.2. The van der Waals surface area contributed by atoms with Crippen LogP contribution in [0.1, 0.15) is 30.9 Å². The molecule has 0 atom stereocenters. The van der Waals surface area contributed by atoms with Gasteiger partial charge in [0, 0.05) is 26.1 Å². The smallest absolute Gasteiger partial charge is 0.241 e. The van der Waals surface area contributed by atoms with Gasteiger partial charge in [-0.1, -0.05) is 0 Å². The molecule has 128 valence electrons. The quantitative estimate of drug-likeness (QED) is 0.903. The highest BCUT2D eigenvalue weighted by Crippen LogP contribution is 2.26. The number of amides is 1. The van der Waals surface area contributed by atoms with E-state index < -0.39 is 10.0 Å². The first-order valence-corrected chi connectivity index (χ1v) is 9.16. The number of hydrogen-bond donors (Lipinski definition) is 1. The third-order valence-corrected chi connectivity index (χ3v) is 5.91. The second-order valence-electron chi connectivity index (χ2n) is 5.99. The fourth-order valence-corrected chi connectivity index (χ4v) is 4.48. The molecule has 0 radical (unpaired) electrons. The molecule has 1 fully saturated rings. The minimum Gasteiger partial charge on any atom is -0.496 e. The van der Waals surface area contributed by atoms with Gasteiger partial charge in [-0.3, -0.25) is 4.79 Å². The average Bonchev–Trinajstić information content (AvgIpc) is 2.49. The summed E-state index contributed by atoms with van der Waals surface area (Å²) < 4.78 is 33.3. The van der Waals surface area contributed by atoms with Crippen LogP contribution in [0.2, 0.25) is 0 Å². The van der Waals surface area contributed by atoms with E-state index in [1.54, 1.807) is 31.1 Å². The lowest BCUT2D eigenvalue weighted by atomic mass is 10.1. The molecule has 7 heteroatoms. The third-order valence-electron chi connectivity index (χ3n) is 4.24. The SMILES string of the molecule is COc1cc(C)c(S(=O)(=O)NC2CCN(C(C)=O)CC2)cc1C. The van der Waals surface area contributed by atoms with E-state index in [1.807, 2.05) is 6.92 Å². The van der Waals surface area contributed by atoms with Crippen molar-refractivity contribution < 1.29 is 17.9 Å². The number of sulfonamides is 1. The first kappa shape index (κ1) is 17.7. The van der Waals surface area contributed by atoms with E-state index in [9.17, 15) is 13.2 Å². The van der Waals surface area contributed by atoms with Crippen molar-refractivity contribution in [1.29, 1.82) is 0 Å². The van der Waals surface area contributed by atoms with Crippen molar-refractivity contribution in [2.45, 2.75) is 44.6 Å². The lowest BCUT2D eigenvalue weighted by molar-refractivity contribution is -0.129. The summed E-state index contributed by atoms with van der Waals surface area (Å²) in [6, 6.07) is 3.24. The van der Waals surface area contributed by atoms with Gasteiger partial charge in [-0.05, 0) is 49.9 Å². The van der Waals surface area contributed by atoms with Crippen LogP contribution in [0.3, 0.4) is 0 Å². The Hall–Kier alpha value is -1.60. The molecule has 1 heterocycles. The normalized spacial score (nSPS) is 16.4. The second-order valence-corrected chi connectivity index (χ2v) is 7.67. The van der Waals surface area contributed by atoms with Gasteiger partial charge in [-0.2, -0.15) is 0 Å². The van der Waals surface area contributed by atoms with Gasteiger partial charge in [0.1, 0.15) is 5.75 Å². The van der Waals surface area contributed by atoms with Gasteiger partial charge in [-0.25, -0.2) is 13.1 Å². The fourth-order valence-electron chi connectivity index (χ4n) is 2.87. The van der Waals surface area contributed by atoms with Crippen LogP contribution in [0.25, 0.3) is 0 Å². The van der Waals surface area contributed by atoms with E-state index in [0.717, 1.165) is 5.56 Å². The van der Waals surface area contributed by atoms with Gasteiger partial charge in [-0.15, -0.1) is 0 Å². The highest BCUT2D eigenvalue weighted by molar-refractivity contribution is 7.89. The number of hydrogen-bond acceptors (Lipinski definition) is 4. The monoisotopic (exact) mass is 340 g/mol. The molecule has 23 heavy (non-hydrogen) atoms. The first-order valence-electron chi connectivity index (χ1n) is 7.67. The van der Waals surface area contributed by atoms with E-state index in [1.165, 1.54) is 6.92 Å². The third kappa shape index (κ3) is 4.03. The number of methoxy groups -OCH3 is 1. The van der Waals surface area contributed by atoms with Gasteiger partial charge < -0.3 is 9.64 Å². The molecule has 0 spiro atoms. The Bertz CT molecular complexity index is 692. The maximum atomic E-state index is 12.7. The summed E-state index contributed by atoms with van der Waals surface area (Å²) in [6.45, 7) is 6.29. The first-order chi connectivity index (χ1) is 10.7. The van der Waals surface area contributed by atoms with Crippen LogP contribution in [0.15, 0.2) is 17.0 Å². The topological polar surface area (TPSA) is 75.7 Å². The van der Waals surface area contributed by atoms with Gasteiger partial charge >= 0.3 is 0 Å². The Morgan fingerprint density at radius 3 is 2.35 bits per heavy atom. The van der Waals surface area contributed by atoms with E-state index >= 15 is 0 Å². The molecule has 0 bridgehead atoms. The summed E-state index contributed by atoms with van der Waals surface area (Å²) in [5.74, 6) is 0.712. The standard InChI is InChI=1S/C16H24N2O4S/c1-11-10-16(12(2)9-15(11)22-4)23(20,21)17-14-5-7-18(8-6-14)13(3)19/h9-10,14,17H,5-8H2,1-4H3. The maximum Gasteiger partial charge on any atom is 0.241 e. The largest absolute Gasteiger partial charge is 0.496 e. The molecule has 0 unspecified atom stereocenters. The Morgan fingerprint density at radius 1 is 1.22 bits per heavy atom. The number of carbonyl (C=O) groups excluding carboxylic acids is 1. The number of nitrogens with zero attached hydrogens (tertiary/aromatic N) is 1. The molecular weight excluding hydrogens is 316 g/mol. The number of piperidine rings is 1. The van der Waals surface area contributed by atoms with Crippen molar-refractivity contribution in [2.75, 3.05) is 20.2 Å². The van der Waals surface area contributed by atoms with Crippen LogP contribution >= 0.6 is 0 Å². The summed E-state index contributed by atoms with van der Waals surface area (Å²) in [5.41, 5.74) is 1.44. The molecule has 0 aliphatic carbocycles. The van der Waals surface area contributed by atoms with Crippen molar-refractivity contribution in [3.63, 3.8) is 0 Å². The minimum absolute atomic E-state index is 0.0351. The number of benzene rings is 1. The van der Waals surface area contributed by atoms with Crippen LogP contribution in [0, 0.1) is 13.8 Å². The van der Waals surface area contributed by atoms with E-state index in [-0.39, 0.29) is 16.8 Å². The molecule has 6 nitrogen and oxygen atoms in total. The lowest BCUT2D eigenvalue weighted by Gasteiger charge is -2.31. The second kappa shape index (κ2) is 6.88. The predicted molar refractivity (Wildman–Crippen MR) is 88.1 cm³/mol. The van der Waals surface area contributed by atoms with Gasteiger partial charge in [0.25, 0.3) is 0 Å². The molecular formula is C16H24N2O4S. The maximum absolute atomic E-state index is 12.7. The number of aryl methyl sites for hydroxylation is 2. The lowest BCUT2D eigenvalue weighted by Crippen LogP contribution is -2.46. The number of ether oxygens (including phenoxy) is 1. The van der Waals surface area contributed by atoms with Crippen LogP contribution in [0.5, 0.6) is 5.75 Å². The minimum atomic E-state index is -3.58. The number of carbonyl (C=O) groups is 1. The van der Waals surface area contributed by atoms with E-state index in [0.29, 0.717) is 37.2 Å². The summed E-state index contributed by atoms with van der Waals surface area (Å²) in [4.78, 5) is 13.4. The van der Waals surface area contributed by atoms with Crippen molar-refractivity contribution in [2.24, 2.45) is 0 Å². The van der Waals surface area contributed by atoms with Crippen LogP contribution in [-0.4, -0.2) is 45.5 Å². The summed E-state index contributed by atoms with van der Waals surface area (Å²) in [7, 11) is -2.02. The van der Waals surface area contributed by atoms with Crippen LogP contribution in [-0.2, 0) is 14.8 Å². The Labute approximate surface area is 137 Å². The number of nitrogens with one attached hydrogen (secondary N) is 1. The van der Waals surface area contributed by atoms with Crippen molar-refractivity contribution >= 4 is 15.9 Å². The molecule has 1 aromatic carbocycles. The Kier molecular flexibility index (Phi) is 5.31. The van der Waals surface area contributed by atoms with Gasteiger partial charge in [0.05, 0.1) is 12.0 Å². The van der Waals surface area contributed by atoms with E-state index in [2.05, 4.69) is 4.72 Å². The summed E-state index contributed by atoms with van der Waals surface area (Å²) in [6.07, 6.45) is 1.26. The molecule has 2 rings (SSSR count). The zero-order valence-corrected chi connectivity index (χ0v) is 14.9. The van der Waals surface area contributed by atoms with Gasteiger partial charge in [0.15, 0.2) is 0 Å². The molecule has 1 aliphatic rings. The molecule has 1 amide bonds. The molecule has 1 aromatic rings. The van der Waals surface area contributed by atoms with E-state index in [4.69, 9.17) is 4.74 Å². The Balaban J connectivity index is 2.14. The highest BCUT2D eigenvalue weighted by Gasteiger charge is 2.26. The van der Waals surface area contributed by atoms with Crippen LogP contribution in [0.4, 0.5) is 0 Å². The molecule has 1 N–H and O–H groups in total. The molecule has 0 aromatic heterocycles. The fraction of sp³-hybridized carbons (Fsp3) is 0.562. The molecule has 0 saturated carbocycles. The number of rotatable bonds is 4. The van der Waals surface area contributed by atoms with Gasteiger partial charge in [0.2, 0.25) is 15.9 Å².